The molecule has 2 amide bonds. The lowest BCUT2D eigenvalue weighted by molar-refractivity contribution is -0.115. The Morgan fingerprint density at radius 3 is 2.68 bits per heavy atom. The second-order valence-electron chi connectivity index (χ2n) is 6.46. The van der Waals surface area contributed by atoms with Gasteiger partial charge in [0.1, 0.15) is 6.54 Å². The monoisotopic (exact) mass is 340 g/mol. The molecule has 1 saturated carbocycles. The molecular weight excluding hydrogens is 316 g/mol. The summed E-state index contributed by atoms with van der Waals surface area (Å²) in [6.07, 6.45) is 8.08. The average Bonchev–Trinajstić information content (AvgIpc) is 3.02. The van der Waals surface area contributed by atoms with E-state index in [0.717, 1.165) is 18.5 Å². The molecule has 0 spiro atoms. The van der Waals surface area contributed by atoms with Crippen LogP contribution in [-0.4, -0.2) is 28.1 Å². The Morgan fingerprint density at radius 1 is 1.28 bits per heavy atom. The van der Waals surface area contributed by atoms with E-state index < -0.39 is 0 Å². The fourth-order valence-corrected chi connectivity index (χ4v) is 2.87. The van der Waals surface area contributed by atoms with Crippen molar-refractivity contribution in [3.8, 4) is 0 Å². The highest BCUT2D eigenvalue weighted by Crippen LogP contribution is 2.32. The topological polar surface area (TPSA) is 67.2 Å². The first kappa shape index (κ1) is 17.2. The summed E-state index contributed by atoms with van der Waals surface area (Å²) in [6.45, 7) is 4.28. The van der Waals surface area contributed by atoms with E-state index in [-0.39, 0.29) is 18.4 Å². The van der Waals surface area contributed by atoms with Gasteiger partial charge in [0, 0.05) is 6.20 Å². The minimum absolute atomic E-state index is 0.0322. The molecule has 1 aliphatic heterocycles. The van der Waals surface area contributed by atoms with Crippen LogP contribution in [0.4, 0.5) is 11.4 Å². The van der Waals surface area contributed by atoms with Gasteiger partial charge in [0.2, 0.25) is 5.91 Å². The van der Waals surface area contributed by atoms with Gasteiger partial charge >= 0.3 is 0 Å². The highest BCUT2D eigenvalue weighted by atomic mass is 16.2. The maximum Gasteiger partial charge on any atom is 0.262 e. The van der Waals surface area contributed by atoms with Crippen LogP contribution in [-0.2, 0) is 4.79 Å². The molecule has 132 valence electrons. The predicted molar refractivity (Wildman–Crippen MR) is 97.8 cm³/mol. The highest BCUT2D eigenvalue weighted by molar-refractivity contribution is 6.14. The molecule has 2 heterocycles. The highest BCUT2D eigenvalue weighted by Gasteiger charge is 2.29. The quantitative estimate of drug-likeness (QED) is 0.908. The van der Waals surface area contributed by atoms with Gasteiger partial charge in [-0.05, 0) is 31.4 Å². The lowest BCUT2D eigenvalue weighted by atomic mass is 9.93. The molecule has 25 heavy (non-hydrogen) atoms. The van der Waals surface area contributed by atoms with Gasteiger partial charge in [0.25, 0.3) is 5.91 Å². The van der Waals surface area contributed by atoms with E-state index in [9.17, 15) is 9.59 Å². The van der Waals surface area contributed by atoms with Crippen LogP contribution in [0.15, 0.2) is 36.7 Å². The predicted octanol–water partition coefficient (Wildman–Crippen LogP) is 3.62. The number of nitrogens with one attached hydrogen (secondary N) is 1. The molecule has 1 aromatic carbocycles. The Labute approximate surface area is 147 Å². The molecule has 4 rings (SSSR count). The van der Waals surface area contributed by atoms with Crippen molar-refractivity contribution >= 4 is 23.2 Å². The smallest absolute Gasteiger partial charge is 0.262 e. The van der Waals surface area contributed by atoms with Gasteiger partial charge in [0.05, 0.1) is 29.2 Å². The van der Waals surface area contributed by atoms with Gasteiger partial charge < -0.3 is 5.32 Å². The van der Waals surface area contributed by atoms with E-state index in [0.29, 0.717) is 17.3 Å². The Hall–Kier alpha value is -2.63. The molecule has 6 nitrogen and oxygen atoms in total. The van der Waals surface area contributed by atoms with E-state index in [1.54, 1.807) is 18.5 Å². The van der Waals surface area contributed by atoms with Crippen LogP contribution in [0.5, 0.6) is 0 Å². The van der Waals surface area contributed by atoms with E-state index >= 15 is 0 Å². The summed E-state index contributed by atoms with van der Waals surface area (Å²) >= 11 is 0. The summed E-state index contributed by atoms with van der Waals surface area (Å²) in [5.74, 6) is -0.369. The van der Waals surface area contributed by atoms with Gasteiger partial charge in [0.15, 0.2) is 0 Å². The van der Waals surface area contributed by atoms with E-state index in [1.165, 1.54) is 17.7 Å². The van der Waals surface area contributed by atoms with Crippen molar-refractivity contribution in [2.45, 2.75) is 45.6 Å². The zero-order valence-corrected chi connectivity index (χ0v) is 14.7. The van der Waals surface area contributed by atoms with Gasteiger partial charge in [-0.15, -0.1) is 0 Å². The van der Waals surface area contributed by atoms with Gasteiger partial charge in [-0.3, -0.25) is 19.2 Å². The van der Waals surface area contributed by atoms with Gasteiger partial charge in [-0.25, -0.2) is 0 Å². The average molecular weight is 340 g/mol. The number of para-hydroxylation sites is 2. The normalized spacial score (nSPS) is 16.2. The minimum atomic E-state index is -0.187. The summed E-state index contributed by atoms with van der Waals surface area (Å²) in [7, 11) is 0. The number of rotatable bonds is 2. The van der Waals surface area contributed by atoms with Crippen molar-refractivity contribution in [3.05, 3.63) is 42.2 Å². The first-order chi connectivity index (χ1) is 12.1. The van der Waals surface area contributed by atoms with Crippen LogP contribution in [0.1, 0.15) is 55.9 Å². The number of fused-ring (bicyclic) bond motifs is 1. The molecule has 2 aromatic rings. The summed E-state index contributed by atoms with van der Waals surface area (Å²) in [4.78, 5) is 26.1. The number of carbonyl (C=O) groups excluding carboxylic acids is 2. The van der Waals surface area contributed by atoms with Crippen molar-refractivity contribution in [2.75, 3.05) is 16.8 Å². The maximum atomic E-state index is 12.7. The fourth-order valence-electron chi connectivity index (χ4n) is 2.87. The number of benzene rings is 1. The molecule has 0 unspecified atom stereocenters. The molecule has 0 saturated heterocycles. The third kappa shape index (κ3) is 3.57. The van der Waals surface area contributed by atoms with Gasteiger partial charge in [-0.2, -0.15) is 5.10 Å². The standard InChI is InChI=1S/C16H16N4O2.C3H8/c21-15-10-19(14-7-2-1-6-13(14)18-15)16(22)11-8-17-20(9-11)12-4-3-5-12;1-3-2/h1-2,6-9,12H,3-5,10H2,(H,18,21);3H2,1-2H3. The van der Waals surface area contributed by atoms with Crippen molar-refractivity contribution in [1.82, 2.24) is 9.78 Å². The second kappa shape index (κ2) is 7.51. The fraction of sp³-hybridized carbons (Fsp3) is 0.421. The Balaban J connectivity index is 0.000000569. The molecule has 1 N–H and O–H groups in total. The van der Waals surface area contributed by atoms with Crippen LogP contribution in [0.25, 0.3) is 0 Å². The Morgan fingerprint density at radius 2 is 2.00 bits per heavy atom. The molecule has 0 radical (unpaired) electrons. The van der Waals surface area contributed by atoms with E-state index in [2.05, 4.69) is 24.3 Å². The number of aromatic nitrogens is 2. The zero-order chi connectivity index (χ0) is 17.8. The third-order valence-electron chi connectivity index (χ3n) is 4.31. The SMILES string of the molecule is CCC.O=C1CN(C(=O)c2cnn(C3CCC3)c2)c2ccccc2N1. The molecule has 6 heteroatoms. The van der Waals surface area contributed by atoms with Crippen molar-refractivity contribution in [3.63, 3.8) is 0 Å². The van der Waals surface area contributed by atoms with Crippen LogP contribution in [0.2, 0.25) is 0 Å². The Kier molecular flexibility index (Phi) is 5.16. The maximum absolute atomic E-state index is 12.7. The van der Waals surface area contributed by atoms with Crippen LogP contribution < -0.4 is 10.2 Å². The molecule has 1 fully saturated rings. The van der Waals surface area contributed by atoms with Crippen LogP contribution in [0.3, 0.4) is 0 Å². The first-order valence-corrected chi connectivity index (χ1v) is 8.89. The number of hydrogen-bond donors (Lipinski definition) is 1. The van der Waals surface area contributed by atoms with E-state index in [4.69, 9.17) is 0 Å². The number of hydrogen-bond acceptors (Lipinski definition) is 3. The summed E-state index contributed by atoms with van der Waals surface area (Å²) in [5, 5.41) is 7.08. The zero-order valence-electron chi connectivity index (χ0n) is 14.7. The third-order valence-corrected chi connectivity index (χ3v) is 4.31. The molecule has 1 aliphatic carbocycles. The summed E-state index contributed by atoms with van der Waals surface area (Å²) in [6, 6.07) is 7.74. The molecular formula is C19H24N4O2. The van der Waals surface area contributed by atoms with Crippen molar-refractivity contribution < 1.29 is 9.59 Å². The van der Waals surface area contributed by atoms with Crippen LogP contribution in [0, 0.1) is 0 Å². The second-order valence-corrected chi connectivity index (χ2v) is 6.46. The molecule has 2 aliphatic rings. The molecule has 1 aromatic heterocycles. The number of carbonyl (C=O) groups is 2. The number of nitrogens with zero attached hydrogens (tertiary/aromatic N) is 3. The van der Waals surface area contributed by atoms with Gasteiger partial charge in [-0.1, -0.05) is 32.4 Å². The molecule has 0 atom stereocenters. The molecule has 0 bridgehead atoms. The largest absolute Gasteiger partial charge is 0.323 e. The van der Waals surface area contributed by atoms with Crippen LogP contribution >= 0.6 is 0 Å². The lowest BCUT2D eigenvalue weighted by Gasteiger charge is -2.29. The van der Waals surface area contributed by atoms with Crippen molar-refractivity contribution in [2.24, 2.45) is 0 Å². The van der Waals surface area contributed by atoms with E-state index in [1.807, 2.05) is 22.9 Å². The number of anilines is 2. The summed E-state index contributed by atoms with van der Waals surface area (Å²) < 4.78 is 1.87. The number of amides is 2. The van der Waals surface area contributed by atoms with Crippen molar-refractivity contribution in [1.29, 1.82) is 0 Å². The summed E-state index contributed by atoms with van der Waals surface area (Å²) in [5.41, 5.74) is 1.92. The lowest BCUT2D eigenvalue weighted by Crippen LogP contribution is -2.42. The minimum Gasteiger partial charge on any atom is -0.323 e. The first-order valence-electron chi connectivity index (χ1n) is 8.89. The Bertz CT molecular complexity index is 764.